The van der Waals surface area contributed by atoms with Gasteiger partial charge < -0.3 is 4.90 Å². The van der Waals surface area contributed by atoms with Crippen molar-refractivity contribution >= 4 is 44.0 Å². The third kappa shape index (κ3) is 1.54. The Morgan fingerprint density at radius 1 is 1.32 bits per heavy atom. The van der Waals surface area contributed by atoms with E-state index in [4.69, 9.17) is 0 Å². The van der Waals surface area contributed by atoms with Gasteiger partial charge in [-0.1, -0.05) is 18.2 Å². The molecular formula is C14H9N3S2. The molecule has 2 aliphatic heterocycles. The van der Waals surface area contributed by atoms with E-state index >= 15 is 0 Å². The van der Waals surface area contributed by atoms with E-state index in [1.54, 1.807) is 11.3 Å². The average molecular weight is 283 g/mol. The molecule has 0 saturated heterocycles. The van der Waals surface area contributed by atoms with Crippen LogP contribution in [0.15, 0.2) is 39.5 Å². The number of fused-ring (bicyclic) bond motifs is 2. The molecule has 19 heavy (non-hydrogen) atoms. The lowest BCUT2D eigenvalue weighted by atomic mass is 10.1. The molecule has 0 N–H and O–H groups in total. The quantitative estimate of drug-likeness (QED) is 0.804. The highest BCUT2D eigenvalue weighted by atomic mass is 32.2. The number of thioether (sulfide) groups is 1. The van der Waals surface area contributed by atoms with Crippen molar-refractivity contribution in [3.05, 3.63) is 40.1 Å². The van der Waals surface area contributed by atoms with Gasteiger partial charge in [-0.15, -0.1) is 11.3 Å². The van der Waals surface area contributed by atoms with Gasteiger partial charge in [0.05, 0.1) is 12.2 Å². The molecule has 0 radical (unpaired) electrons. The highest BCUT2D eigenvalue weighted by Gasteiger charge is 2.34. The normalized spacial score (nSPS) is 17.8. The van der Waals surface area contributed by atoms with Crippen LogP contribution in [-0.2, 0) is 0 Å². The fourth-order valence-corrected chi connectivity index (χ4v) is 4.43. The standard InChI is InChI=1S/C14H9N3S2/c15-7-12-13(17-6-5-16-14(17)19-12)10-8-18-11-4-2-1-3-9(10)11/h1-4,8H,5-6H2. The minimum Gasteiger partial charge on any atom is -0.317 e. The van der Waals surface area contributed by atoms with E-state index in [1.165, 1.54) is 21.8 Å². The molecule has 0 unspecified atom stereocenters. The Labute approximate surface area is 118 Å². The largest absolute Gasteiger partial charge is 0.317 e. The molecule has 0 fully saturated rings. The van der Waals surface area contributed by atoms with Gasteiger partial charge in [0.25, 0.3) is 0 Å². The van der Waals surface area contributed by atoms with E-state index in [0.29, 0.717) is 0 Å². The van der Waals surface area contributed by atoms with Crippen LogP contribution in [0, 0.1) is 11.3 Å². The van der Waals surface area contributed by atoms with Gasteiger partial charge in [0, 0.05) is 27.6 Å². The minimum absolute atomic E-state index is 0.766. The zero-order chi connectivity index (χ0) is 12.8. The van der Waals surface area contributed by atoms with Crippen molar-refractivity contribution in [1.29, 1.82) is 5.26 Å². The Morgan fingerprint density at radius 2 is 2.21 bits per heavy atom. The Bertz CT molecular complexity index is 779. The van der Waals surface area contributed by atoms with Crippen molar-refractivity contribution in [2.45, 2.75) is 0 Å². The van der Waals surface area contributed by atoms with Crippen molar-refractivity contribution in [2.24, 2.45) is 4.99 Å². The maximum Gasteiger partial charge on any atom is 0.169 e. The van der Waals surface area contributed by atoms with Crippen LogP contribution in [0.2, 0.25) is 0 Å². The summed E-state index contributed by atoms with van der Waals surface area (Å²) >= 11 is 3.22. The van der Waals surface area contributed by atoms with Crippen LogP contribution >= 0.6 is 23.1 Å². The smallest absolute Gasteiger partial charge is 0.169 e. The van der Waals surface area contributed by atoms with Gasteiger partial charge in [0.1, 0.15) is 11.0 Å². The van der Waals surface area contributed by atoms with Crippen molar-refractivity contribution in [3.8, 4) is 6.07 Å². The molecule has 3 nitrogen and oxygen atoms in total. The first-order valence-corrected chi connectivity index (χ1v) is 7.69. The van der Waals surface area contributed by atoms with Crippen LogP contribution in [0.25, 0.3) is 15.8 Å². The van der Waals surface area contributed by atoms with E-state index in [1.807, 2.05) is 12.1 Å². The number of hydrogen-bond acceptors (Lipinski definition) is 5. The molecule has 0 aliphatic carbocycles. The number of nitrogens with zero attached hydrogens (tertiary/aromatic N) is 3. The average Bonchev–Trinajstić information content (AvgIpc) is 3.11. The fraction of sp³-hybridized carbons (Fsp3) is 0.143. The molecule has 5 heteroatoms. The van der Waals surface area contributed by atoms with Gasteiger partial charge in [-0.2, -0.15) is 5.26 Å². The molecule has 0 atom stereocenters. The van der Waals surface area contributed by atoms with Gasteiger partial charge >= 0.3 is 0 Å². The number of rotatable bonds is 1. The Kier molecular flexibility index (Phi) is 2.40. The second kappa shape index (κ2) is 4.12. The summed E-state index contributed by atoms with van der Waals surface area (Å²) in [5, 5.41) is 13.7. The zero-order valence-electron chi connectivity index (χ0n) is 9.96. The second-order valence-electron chi connectivity index (χ2n) is 4.35. The first-order valence-electron chi connectivity index (χ1n) is 5.99. The summed E-state index contributed by atoms with van der Waals surface area (Å²) in [5.74, 6) is 0. The first kappa shape index (κ1) is 11.1. The van der Waals surface area contributed by atoms with E-state index < -0.39 is 0 Å². The van der Waals surface area contributed by atoms with Crippen molar-refractivity contribution in [2.75, 3.05) is 13.1 Å². The molecule has 4 rings (SSSR count). The van der Waals surface area contributed by atoms with E-state index in [0.717, 1.165) is 34.4 Å². The Balaban J connectivity index is 1.96. The van der Waals surface area contributed by atoms with Crippen molar-refractivity contribution < 1.29 is 0 Å². The van der Waals surface area contributed by atoms with Crippen LogP contribution in [0.4, 0.5) is 0 Å². The summed E-state index contributed by atoms with van der Waals surface area (Å²) < 4.78 is 1.26. The van der Waals surface area contributed by atoms with Crippen LogP contribution < -0.4 is 0 Å². The molecule has 0 saturated carbocycles. The van der Waals surface area contributed by atoms with Gasteiger partial charge in [-0.3, -0.25) is 4.99 Å². The number of benzene rings is 1. The van der Waals surface area contributed by atoms with Gasteiger partial charge in [0.2, 0.25) is 0 Å². The van der Waals surface area contributed by atoms with Crippen LogP contribution in [-0.4, -0.2) is 23.2 Å². The third-order valence-corrected chi connectivity index (χ3v) is 5.30. The maximum atomic E-state index is 9.36. The highest BCUT2D eigenvalue weighted by molar-refractivity contribution is 8.18. The molecule has 1 aromatic heterocycles. The van der Waals surface area contributed by atoms with E-state index in [9.17, 15) is 5.26 Å². The van der Waals surface area contributed by atoms with Gasteiger partial charge in [0.15, 0.2) is 5.17 Å². The first-order chi connectivity index (χ1) is 9.38. The summed E-state index contributed by atoms with van der Waals surface area (Å²) in [6, 6.07) is 10.7. The lowest BCUT2D eigenvalue weighted by molar-refractivity contribution is 0.650. The predicted octanol–water partition coefficient (Wildman–Crippen LogP) is 3.51. The Hall–Kier alpha value is -1.77. The maximum absolute atomic E-state index is 9.36. The van der Waals surface area contributed by atoms with Gasteiger partial charge in [-0.05, 0) is 17.8 Å². The number of nitriles is 1. The molecule has 3 heterocycles. The highest BCUT2D eigenvalue weighted by Crippen LogP contribution is 2.44. The summed E-state index contributed by atoms with van der Waals surface area (Å²) in [6.07, 6.45) is 0. The number of allylic oxidation sites excluding steroid dienone is 1. The molecule has 0 amide bonds. The molecular weight excluding hydrogens is 274 g/mol. The topological polar surface area (TPSA) is 39.4 Å². The molecule has 0 spiro atoms. The third-order valence-electron chi connectivity index (χ3n) is 3.32. The predicted molar refractivity (Wildman–Crippen MR) is 81.0 cm³/mol. The summed E-state index contributed by atoms with van der Waals surface area (Å²) in [6.45, 7) is 1.71. The lowest BCUT2D eigenvalue weighted by Crippen LogP contribution is -2.19. The molecule has 2 aromatic rings. The number of hydrogen-bond donors (Lipinski definition) is 0. The van der Waals surface area contributed by atoms with Crippen LogP contribution in [0.3, 0.4) is 0 Å². The van der Waals surface area contributed by atoms with Crippen molar-refractivity contribution in [3.63, 3.8) is 0 Å². The number of aliphatic imine (C=N–C) groups is 1. The molecule has 2 aliphatic rings. The monoisotopic (exact) mass is 283 g/mol. The van der Waals surface area contributed by atoms with Crippen molar-refractivity contribution in [1.82, 2.24) is 4.90 Å². The number of amidine groups is 1. The van der Waals surface area contributed by atoms with E-state index in [-0.39, 0.29) is 0 Å². The summed E-state index contributed by atoms with van der Waals surface area (Å²) in [4.78, 5) is 7.40. The SMILES string of the molecule is N#CC1=C(c2csc3ccccc23)N2CCN=C2S1. The summed E-state index contributed by atoms with van der Waals surface area (Å²) in [7, 11) is 0. The van der Waals surface area contributed by atoms with Gasteiger partial charge in [-0.25, -0.2) is 0 Å². The Morgan fingerprint density at radius 3 is 3.11 bits per heavy atom. The second-order valence-corrected chi connectivity index (χ2v) is 6.24. The minimum atomic E-state index is 0.766. The van der Waals surface area contributed by atoms with Crippen LogP contribution in [0.1, 0.15) is 5.56 Å². The molecule has 1 aromatic carbocycles. The van der Waals surface area contributed by atoms with Crippen LogP contribution in [0.5, 0.6) is 0 Å². The van der Waals surface area contributed by atoms with E-state index in [2.05, 4.69) is 33.5 Å². The number of thiophene rings is 1. The molecule has 92 valence electrons. The zero-order valence-corrected chi connectivity index (χ0v) is 11.6. The lowest BCUT2D eigenvalue weighted by Gasteiger charge is -2.15. The summed E-state index contributed by atoms with van der Waals surface area (Å²) in [5.41, 5.74) is 2.21. The fourth-order valence-electron chi connectivity index (χ4n) is 2.49. The molecule has 0 bridgehead atoms.